The van der Waals surface area contributed by atoms with Gasteiger partial charge in [-0.2, -0.15) is 4.39 Å². The predicted molar refractivity (Wildman–Crippen MR) is 42.3 cm³/mol. The number of rotatable bonds is 1. The number of phenols is 1. The standard InChI is InChI=1S/C8H6F3NO2/c1-3(13)12-5-2-4(9)6(10)8(14)7(5)11/h2,14H,1H3,(H,12,13). The molecule has 2 N–H and O–H groups in total. The molecule has 0 aliphatic heterocycles. The second-order valence-corrected chi connectivity index (χ2v) is 2.56. The van der Waals surface area contributed by atoms with E-state index in [4.69, 9.17) is 5.11 Å². The summed E-state index contributed by atoms with van der Waals surface area (Å²) in [6.07, 6.45) is 0. The van der Waals surface area contributed by atoms with Crippen LogP contribution in [0.3, 0.4) is 0 Å². The largest absolute Gasteiger partial charge is 0.503 e. The smallest absolute Gasteiger partial charge is 0.221 e. The summed E-state index contributed by atoms with van der Waals surface area (Å²) >= 11 is 0. The monoisotopic (exact) mass is 205 g/mol. The molecule has 0 bridgehead atoms. The van der Waals surface area contributed by atoms with E-state index in [0.29, 0.717) is 6.07 Å². The Morgan fingerprint density at radius 2 is 1.93 bits per heavy atom. The Morgan fingerprint density at radius 3 is 2.43 bits per heavy atom. The molecule has 6 heteroatoms. The number of carbonyl (C=O) groups excluding carboxylic acids is 1. The zero-order valence-electron chi connectivity index (χ0n) is 7.07. The van der Waals surface area contributed by atoms with Crippen molar-refractivity contribution in [2.75, 3.05) is 5.32 Å². The zero-order valence-corrected chi connectivity index (χ0v) is 7.07. The molecule has 0 aliphatic rings. The number of carbonyl (C=O) groups is 1. The van der Waals surface area contributed by atoms with E-state index in [9.17, 15) is 18.0 Å². The van der Waals surface area contributed by atoms with E-state index < -0.39 is 34.8 Å². The number of halogens is 3. The van der Waals surface area contributed by atoms with Crippen LogP contribution in [-0.4, -0.2) is 11.0 Å². The first-order valence-electron chi connectivity index (χ1n) is 3.57. The minimum atomic E-state index is -1.68. The number of amides is 1. The van der Waals surface area contributed by atoms with Gasteiger partial charge < -0.3 is 10.4 Å². The van der Waals surface area contributed by atoms with E-state index in [1.165, 1.54) is 0 Å². The average Bonchev–Trinajstić information content (AvgIpc) is 2.10. The lowest BCUT2D eigenvalue weighted by Crippen LogP contribution is -2.08. The van der Waals surface area contributed by atoms with Gasteiger partial charge in [0.05, 0.1) is 5.69 Å². The van der Waals surface area contributed by atoms with Crippen LogP contribution in [0.4, 0.5) is 18.9 Å². The maximum absolute atomic E-state index is 12.9. The minimum Gasteiger partial charge on any atom is -0.503 e. The molecule has 0 aromatic heterocycles. The van der Waals surface area contributed by atoms with Crippen LogP contribution in [0.25, 0.3) is 0 Å². The van der Waals surface area contributed by atoms with Crippen LogP contribution in [0.2, 0.25) is 0 Å². The van der Waals surface area contributed by atoms with Crippen LogP contribution in [-0.2, 0) is 4.79 Å². The summed E-state index contributed by atoms with van der Waals surface area (Å²) in [7, 11) is 0. The molecule has 0 unspecified atom stereocenters. The number of benzene rings is 1. The van der Waals surface area contributed by atoms with Gasteiger partial charge in [0.15, 0.2) is 17.4 Å². The maximum atomic E-state index is 12.9. The fraction of sp³-hybridized carbons (Fsp3) is 0.125. The fourth-order valence-electron chi connectivity index (χ4n) is 0.871. The quantitative estimate of drug-likeness (QED) is 0.686. The van der Waals surface area contributed by atoms with Crippen molar-refractivity contribution in [3.8, 4) is 5.75 Å². The molecule has 0 saturated heterocycles. The predicted octanol–water partition coefficient (Wildman–Crippen LogP) is 1.77. The Labute approximate surface area is 77.2 Å². The molecule has 1 aromatic carbocycles. The molecule has 0 saturated carbocycles. The van der Waals surface area contributed by atoms with Gasteiger partial charge in [-0.3, -0.25) is 4.79 Å². The van der Waals surface area contributed by atoms with Crippen molar-refractivity contribution < 1.29 is 23.1 Å². The first kappa shape index (κ1) is 10.4. The molecule has 0 fully saturated rings. The number of aromatic hydroxyl groups is 1. The van der Waals surface area contributed by atoms with Gasteiger partial charge in [-0.25, -0.2) is 8.78 Å². The van der Waals surface area contributed by atoms with Crippen LogP contribution >= 0.6 is 0 Å². The van der Waals surface area contributed by atoms with Crippen LogP contribution in [0.5, 0.6) is 5.75 Å². The number of hydrogen-bond donors (Lipinski definition) is 2. The van der Waals surface area contributed by atoms with Gasteiger partial charge in [-0.05, 0) is 0 Å². The van der Waals surface area contributed by atoms with Gasteiger partial charge in [-0.1, -0.05) is 0 Å². The summed E-state index contributed by atoms with van der Waals surface area (Å²) in [5.74, 6) is -6.63. The van der Waals surface area contributed by atoms with Gasteiger partial charge in [0.25, 0.3) is 0 Å². The van der Waals surface area contributed by atoms with Crippen molar-refractivity contribution in [2.24, 2.45) is 0 Å². The minimum absolute atomic E-state index is 0.450. The molecule has 1 aromatic rings. The maximum Gasteiger partial charge on any atom is 0.221 e. The average molecular weight is 205 g/mol. The van der Waals surface area contributed by atoms with E-state index >= 15 is 0 Å². The lowest BCUT2D eigenvalue weighted by Gasteiger charge is -2.06. The van der Waals surface area contributed by atoms with E-state index in [-0.39, 0.29) is 0 Å². The highest BCUT2D eigenvalue weighted by Gasteiger charge is 2.18. The van der Waals surface area contributed by atoms with Crippen LogP contribution < -0.4 is 5.32 Å². The number of phenolic OH excluding ortho intramolecular Hbond substituents is 1. The second-order valence-electron chi connectivity index (χ2n) is 2.56. The molecule has 0 spiro atoms. The van der Waals surface area contributed by atoms with E-state index in [1.807, 2.05) is 5.32 Å². The number of hydrogen-bond acceptors (Lipinski definition) is 2. The molecule has 0 heterocycles. The van der Waals surface area contributed by atoms with Crippen LogP contribution in [0, 0.1) is 17.5 Å². The summed E-state index contributed by atoms with van der Waals surface area (Å²) in [6.45, 7) is 1.07. The molecule has 0 radical (unpaired) electrons. The summed E-state index contributed by atoms with van der Waals surface area (Å²) in [5.41, 5.74) is -0.603. The highest BCUT2D eigenvalue weighted by atomic mass is 19.2. The third-order valence-corrected chi connectivity index (χ3v) is 1.44. The third-order valence-electron chi connectivity index (χ3n) is 1.44. The van der Waals surface area contributed by atoms with Gasteiger partial charge in [0.2, 0.25) is 11.7 Å². The SMILES string of the molecule is CC(=O)Nc1cc(F)c(F)c(O)c1F. The van der Waals surface area contributed by atoms with Crippen molar-refractivity contribution in [1.82, 2.24) is 0 Å². The normalized spacial score (nSPS) is 10.0. The lowest BCUT2D eigenvalue weighted by molar-refractivity contribution is -0.114. The summed E-state index contributed by atoms with van der Waals surface area (Å²) in [5, 5.41) is 10.6. The Balaban J connectivity index is 3.25. The van der Waals surface area contributed by atoms with Crippen LogP contribution in [0.15, 0.2) is 6.07 Å². The third kappa shape index (κ3) is 1.78. The molecular weight excluding hydrogens is 199 g/mol. The van der Waals surface area contributed by atoms with E-state index in [2.05, 4.69) is 0 Å². The van der Waals surface area contributed by atoms with Crippen molar-refractivity contribution in [2.45, 2.75) is 6.92 Å². The molecule has 14 heavy (non-hydrogen) atoms. The van der Waals surface area contributed by atoms with E-state index in [0.717, 1.165) is 6.92 Å². The van der Waals surface area contributed by atoms with Crippen LogP contribution in [0.1, 0.15) is 6.92 Å². The Morgan fingerprint density at radius 1 is 1.36 bits per heavy atom. The first-order valence-corrected chi connectivity index (χ1v) is 3.57. The fourth-order valence-corrected chi connectivity index (χ4v) is 0.871. The lowest BCUT2D eigenvalue weighted by atomic mass is 10.2. The molecule has 0 aliphatic carbocycles. The summed E-state index contributed by atoms with van der Waals surface area (Å²) in [4.78, 5) is 10.5. The Hall–Kier alpha value is -1.72. The molecule has 1 amide bonds. The zero-order chi connectivity index (χ0) is 10.9. The van der Waals surface area contributed by atoms with Gasteiger partial charge in [0, 0.05) is 13.0 Å². The topological polar surface area (TPSA) is 49.3 Å². The molecular formula is C8H6F3NO2. The first-order chi connectivity index (χ1) is 6.43. The number of nitrogens with one attached hydrogen (secondary N) is 1. The highest BCUT2D eigenvalue weighted by molar-refractivity contribution is 5.89. The van der Waals surface area contributed by atoms with Crippen molar-refractivity contribution in [3.63, 3.8) is 0 Å². The Bertz CT molecular complexity index is 393. The van der Waals surface area contributed by atoms with Crippen molar-refractivity contribution >= 4 is 11.6 Å². The van der Waals surface area contributed by atoms with Gasteiger partial charge in [0.1, 0.15) is 0 Å². The van der Waals surface area contributed by atoms with Crippen molar-refractivity contribution in [1.29, 1.82) is 0 Å². The molecule has 3 nitrogen and oxygen atoms in total. The summed E-state index contributed by atoms with van der Waals surface area (Å²) < 4.78 is 38.1. The highest BCUT2D eigenvalue weighted by Crippen LogP contribution is 2.28. The molecule has 1 rings (SSSR count). The van der Waals surface area contributed by atoms with Gasteiger partial charge >= 0.3 is 0 Å². The molecule has 76 valence electrons. The van der Waals surface area contributed by atoms with Crippen molar-refractivity contribution in [3.05, 3.63) is 23.5 Å². The van der Waals surface area contributed by atoms with Gasteiger partial charge in [-0.15, -0.1) is 0 Å². The molecule has 0 atom stereocenters. The van der Waals surface area contributed by atoms with E-state index in [1.54, 1.807) is 0 Å². The Kier molecular flexibility index (Phi) is 2.64. The second kappa shape index (κ2) is 3.57. The summed E-state index contributed by atoms with van der Waals surface area (Å²) in [6, 6.07) is 0.450. The number of anilines is 1.